The molecule has 0 amide bonds. The summed E-state index contributed by atoms with van der Waals surface area (Å²) in [6.07, 6.45) is 5.57. The van der Waals surface area contributed by atoms with Crippen LogP contribution in [-0.4, -0.2) is 17.8 Å². The number of nitrogens with two attached hydrogens (primary N) is 1. The van der Waals surface area contributed by atoms with Gasteiger partial charge in [-0.1, -0.05) is 12.2 Å². The molecule has 0 aromatic rings. The molecule has 0 saturated heterocycles. The molecule has 2 aliphatic rings. The molecule has 2 bridgehead atoms. The highest BCUT2D eigenvalue weighted by atomic mass is 35.5. The zero-order valence-electron chi connectivity index (χ0n) is 6.31. The van der Waals surface area contributed by atoms with E-state index in [4.69, 9.17) is 10.8 Å². The van der Waals surface area contributed by atoms with E-state index >= 15 is 0 Å². The highest BCUT2D eigenvalue weighted by Gasteiger charge is 2.41. The van der Waals surface area contributed by atoms with Crippen molar-refractivity contribution in [2.45, 2.75) is 12.5 Å². The second kappa shape index (κ2) is 3.13. The zero-order valence-corrected chi connectivity index (χ0v) is 7.13. The second-order valence-corrected chi connectivity index (χ2v) is 3.37. The molecule has 0 radical (unpaired) electrons. The van der Waals surface area contributed by atoms with E-state index in [0.717, 1.165) is 0 Å². The fourth-order valence-corrected chi connectivity index (χ4v) is 2.22. The first kappa shape index (κ1) is 9.04. The summed E-state index contributed by atoms with van der Waals surface area (Å²) in [4.78, 5) is 0. The first-order valence-corrected chi connectivity index (χ1v) is 3.87. The van der Waals surface area contributed by atoms with Gasteiger partial charge >= 0.3 is 0 Å². The third-order valence-corrected chi connectivity index (χ3v) is 2.90. The van der Waals surface area contributed by atoms with Gasteiger partial charge in [0.25, 0.3) is 0 Å². The SMILES string of the molecule is Cl.N[C@@H]1[C@H](CO)[C@H]2C=C[C@@H]1C2. The van der Waals surface area contributed by atoms with Crippen LogP contribution in [0.1, 0.15) is 6.42 Å². The van der Waals surface area contributed by atoms with E-state index < -0.39 is 0 Å². The molecule has 2 nitrogen and oxygen atoms in total. The zero-order chi connectivity index (χ0) is 7.14. The van der Waals surface area contributed by atoms with E-state index in [1.807, 2.05) is 0 Å². The van der Waals surface area contributed by atoms with Gasteiger partial charge in [-0.15, -0.1) is 12.4 Å². The van der Waals surface area contributed by atoms with Gasteiger partial charge in [0.15, 0.2) is 0 Å². The molecular formula is C8H14ClNO. The maximum Gasteiger partial charge on any atom is 0.0479 e. The van der Waals surface area contributed by atoms with Crippen LogP contribution >= 0.6 is 12.4 Å². The molecule has 3 N–H and O–H groups in total. The van der Waals surface area contributed by atoms with Crippen LogP contribution < -0.4 is 5.73 Å². The number of aliphatic hydroxyl groups excluding tert-OH is 1. The van der Waals surface area contributed by atoms with Crippen molar-refractivity contribution in [2.75, 3.05) is 6.61 Å². The number of aliphatic hydroxyl groups is 1. The Morgan fingerprint density at radius 1 is 1.36 bits per heavy atom. The number of hydrogen-bond donors (Lipinski definition) is 2. The van der Waals surface area contributed by atoms with E-state index in [1.54, 1.807) is 0 Å². The van der Waals surface area contributed by atoms with Gasteiger partial charge in [-0.25, -0.2) is 0 Å². The summed E-state index contributed by atoms with van der Waals surface area (Å²) in [5, 5.41) is 8.94. The van der Waals surface area contributed by atoms with Crippen LogP contribution in [-0.2, 0) is 0 Å². The Bertz CT molecular complexity index is 171. The molecule has 0 spiro atoms. The van der Waals surface area contributed by atoms with Gasteiger partial charge in [-0.05, 0) is 18.3 Å². The fourth-order valence-electron chi connectivity index (χ4n) is 2.22. The molecule has 0 unspecified atom stereocenters. The topological polar surface area (TPSA) is 46.2 Å². The van der Waals surface area contributed by atoms with Crippen molar-refractivity contribution in [1.29, 1.82) is 0 Å². The van der Waals surface area contributed by atoms with Gasteiger partial charge in [-0.2, -0.15) is 0 Å². The summed E-state index contributed by atoms with van der Waals surface area (Å²) in [5.74, 6) is 1.47. The Hall–Kier alpha value is -0.0500. The maximum atomic E-state index is 8.94. The minimum Gasteiger partial charge on any atom is -0.396 e. The van der Waals surface area contributed by atoms with Gasteiger partial charge in [0.1, 0.15) is 0 Å². The predicted molar refractivity (Wildman–Crippen MR) is 46.5 cm³/mol. The summed E-state index contributed by atoms with van der Waals surface area (Å²) in [6.45, 7) is 0.257. The van der Waals surface area contributed by atoms with Crippen LogP contribution in [0.25, 0.3) is 0 Å². The molecule has 0 aliphatic heterocycles. The van der Waals surface area contributed by atoms with Crippen molar-refractivity contribution < 1.29 is 5.11 Å². The van der Waals surface area contributed by atoms with Crippen LogP contribution in [0.2, 0.25) is 0 Å². The third-order valence-electron chi connectivity index (χ3n) is 2.90. The van der Waals surface area contributed by atoms with Crippen molar-refractivity contribution in [3.8, 4) is 0 Å². The lowest BCUT2D eigenvalue weighted by atomic mass is 9.90. The molecule has 2 rings (SSSR count). The van der Waals surface area contributed by atoms with Crippen molar-refractivity contribution in [2.24, 2.45) is 23.5 Å². The van der Waals surface area contributed by atoms with Crippen molar-refractivity contribution in [1.82, 2.24) is 0 Å². The van der Waals surface area contributed by atoms with Crippen molar-refractivity contribution >= 4 is 12.4 Å². The van der Waals surface area contributed by atoms with Gasteiger partial charge in [0.05, 0.1) is 0 Å². The van der Waals surface area contributed by atoms with E-state index in [-0.39, 0.29) is 25.1 Å². The van der Waals surface area contributed by atoms with Crippen molar-refractivity contribution in [3.05, 3.63) is 12.2 Å². The minimum absolute atomic E-state index is 0. The van der Waals surface area contributed by atoms with Crippen LogP contribution in [0.15, 0.2) is 12.2 Å². The van der Waals surface area contributed by atoms with Crippen molar-refractivity contribution in [3.63, 3.8) is 0 Å². The smallest absolute Gasteiger partial charge is 0.0479 e. The average molecular weight is 176 g/mol. The molecule has 64 valence electrons. The standard InChI is InChI=1S/C8H13NO.ClH/c9-8-6-2-1-5(3-6)7(8)4-10;/h1-2,5-8,10H,3-4,9H2;1H/t5-,6+,7+,8-;/m0./s1. The van der Waals surface area contributed by atoms with Gasteiger partial charge in [0, 0.05) is 18.6 Å². The molecule has 1 fully saturated rings. The summed E-state index contributed by atoms with van der Waals surface area (Å²) in [7, 11) is 0. The molecular weight excluding hydrogens is 162 g/mol. The van der Waals surface area contributed by atoms with E-state index in [2.05, 4.69) is 12.2 Å². The molecule has 4 atom stereocenters. The Labute approximate surface area is 72.9 Å². The van der Waals surface area contributed by atoms with E-state index in [1.165, 1.54) is 6.42 Å². The highest BCUT2D eigenvalue weighted by Crippen LogP contribution is 2.42. The molecule has 0 heterocycles. The number of fused-ring (bicyclic) bond motifs is 2. The lowest BCUT2D eigenvalue weighted by Crippen LogP contribution is -2.35. The first-order valence-electron chi connectivity index (χ1n) is 3.87. The van der Waals surface area contributed by atoms with Gasteiger partial charge in [0.2, 0.25) is 0 Å². The maximum absolute atomic E-state index is 8.94. The average Bonchev–Trinajstić information content (AvgIpc) is 2.46. The minimum atomic E-state index is 0. The normalized spacial score (nSPS) is 46.0. The Morgan fingerprint density at radius 3 is 2.36 bits per heavy atom. The monoisotopic (exact) mass is 175 g/mol. The number of hydrogen-bond acceptors (Lipinski definition) is 2. The number of halogens is 1. The van der Waals surface area contributed by atoms with Crippen LogP contribution in [0, 0.1) is 17.8 Å². The Balaban J connectivity index is 0.000000605. The van der Waals surface area contributed by atoms with E-state index in [0.29, 0.717) is 17.8 Å². The molecule has 3 heteroatoms. The Kier molecular flexibility index (Phi) is 2.58. The van der Waals surface area contributed by atoms with Crippen LogP contribution in [0.5, 0.6) is 0 Å². The van der Waals surface area contributed by atoms with E-state index in [9.17, 15) is 0 Å². The van der Waals surface area contributed by atoms with Gasteiger partial charge < -0.3 is 10.8 Å². The lowest BCUT2D eigenvalue weighted by molar-refractivity contribution is 0.193. The third kappa shape index (κ3) is 1.19. The molecule has 0 aromatic heterocycles. The quantitative estimate of drug-likeness (QED) is 0.572. The molecule has 11 heavy (non-hydrogen) atoms. The van der Waals surface area contributed by atoms with Crippen LogP contribution in [0.4, 0.5) is 0 Å². The predicted octanol–water partition coefficient (Wildman–Crippen LogP) is 0.550. The number of allylic oxidation sites excluding steroid dienone is 1. The van der Waals surface area contributed by atoms with Crippen LogP contribution in [0.3, 0.4) is 0 Å². The second-order valence-electron chi connectivity index (χ2n) is 3.37. The summed E-state index contributed by atoms with van der Waals surface area (Å²) in [5.41, 5.74) is 5.86. The first-order chi connectivity index (χ1) is 4.83. The lowest BCUT2D eigenvalue weighted by Gasteiger charge is -2.21. The highest BCUT2D eigenvalue weighted by molar-refractivity contribution is 5.85. The van der Waals surface area contributed by atoms with Gasteiger partial charge in [-0.3, -0.25) is 0 Å². The molecule has 1 saturated carbocycles. The fraction of sp³-hybridized carbons (Fsp3) is 0.750. The number of rotatable bonds is 1. The summed E-state index contributed by atoms with van der Waals surface area (Å²) in [6, 6.07) is 0.222. The Morgan fingerprint density at radius 2 is 2.00 bits per heavy atom. The molecule has 2 aliphatic carbocycles. The largest absolute Gasteiger partial charge is 0.396 e. The summed E-state index contributed by atoms with van der Waals surface area (Å²) < 4.78 is 0. The summed E-state index contributed by atoms with van der Waals surface area (Å²) >= 11 is 0. The molecule has 0 aromatic carbocycles.